The number of hydrogen-bond donors (Lipinski definition) is 1. The molecule has 1 N–H and O–H groups in total. The second kappa shape index (κ2) is 7.81. The highest BCUT2D eigenvalue weighted by atomic mass is 35.5. The summed E-state index contributed by atoms with van der Waals surface area (Å²) in [4.78, 5) is 17.2. The van der Waals surface area contributed by atoms with Crippen molar-refractivity contribution < 1.29 is 9.18 Å². The number of rotatable bonds is 3. The van der Waals surface area contributed by atoms with Crippen LogP contribution in [0.1, 0.15) is 36.0 Å². The highest BCUT2D eigenvalue weighted by Crippen LogP contribution is 2.21. The van der Waals surface area contributed by atoms with Gasteiger partial charge in [0.2, 0.25) is 0 Å². The number of likely N-dealkylation sites (tertiary alicyclic amines) is 2. The SMILES string of the molecule is CN1CCC(N2CCCC(NC(=O)c3ccc(Cl)c(F)c3)C2)CC1. The lowest BCUT2D eigenvalue weighted by atomic mass is 9.98. The topological polar surface area (TPSA) is 35.6 Å². The lowest BCUT2D eigenvalue weighted by Gasteiger charge is -2.41. The minimum atomic E-state index is -0.555. The van der Waals surface area contributed by atoms with Gasteiger partial charge in [0.15, 0.2) is 0 Å². The zero-order valence-electron chi connectivity index (χ0n) is 14.1. The predicted octanol–water partition coefficient (Wildman–Crippen LogP) is 2.77. The van der Waals surface area contributed by atoms with Gasteiger partial charge in [-0.2, -0.15) is 0 Å². The molecular formula is C18H25ClFN3O. The van der Waals surface area contributed by atoms with Crippen LogP contribution < -0.4 is 5.32 Å². The van der Waals surface area contributed by atoms with E-state index in [1.807, 2.05) is 0 Å². The highest BCUT2D eigenvalue weighted by molar-refractivity contribution is 6.30. The maximum absolute atomic E-state index is 13.5. The van der Waals surface area contributed by atoms with Crippen LogP contribution in [0, 0.1) is 5.82 Å². The smallest absolute Gasteiger partial charge is 0.251 e. The van der Waals surface area contributed by atoms with Gasteiger partial charge in [0.05, 0.1) is 5.02 Å². The molecule has 3 rings (SSSR count). The Morgan fingerprint density at radius 2 is 2.00 bits per heavy atom. The Morgan fingerprint density at radius 1 is 1.25 bits per heavy atom. The fraction of sp³-hybridized carbons (Fsp3) is 0.611. The standard InChI is InChI=1S/C18H25ClFN3O/c1-22-9-6-15(7-10-22)23-8-2-3-14(12-23)21-18(24)13-4-5-16(19)17(20)11-13/h4-5,11,14-15H,2-3,6-10,12H2,1H3,(H,21,24). The van der Waals surface area contributed by atoms with Gasteiger partial charge in [-0.3, -0.25) is 9.69 Å². The zero-order chi connectivity index (χ0) is 17.1. The number of amides is 1. The Morgan fingerprint density at radius 3 is 2.71 bits per heavy atom. The Balaban J connectivity index is 1.56. The number of benzene rings is 1. The molecule has 1 amide bonds. The molecule has 2 fully saturated rings. The summed E-state index contributed by atoms with van der Waals surface area (Å²) in [6, 6.07) is 4.95. The van der Waals surface area contributed by atoms with Crippen molar-refractivity contribution in [2.75, 3.05) is 33.2 Å². The van der Waals surface area contributed by atoms with E-state index in [1.54, 1.807) is 6.07 Å². The van der Waals surface area contributed by atoms with Crippen molar-refractivity contribution in [1.29, 1.82) is 0 Å². The van der Waals surface area contributed by atoms with E-state index in [0.717, 1.165) is 39.0 Å². The molecule has 0 radical (unpaired) electrons. The number of halogens is 2. The zero-order valence-corrected chi connectivity index (χ0v) is 14.9. The van der Waals surface area contributed by atoms with Crippen LogP contribution in [0.5, 0.6) is 0 Å². The second-order valence-corrected chi connectivity index (χ2v) is 7.38. The summed E-state index contributed by atoms with van der Waals surface area (Å²) in [5, 5.41) is 3.10. The summed E-state index contributed by atoms with van der Waals surface area (Å²) in [6.07, 6.45) is 4.45. The van der Waals surface area contributed by atoms with E-state index >= 15 is 0 Å². The first-order valence-corrected chi connectivity index (χ1v) is 9.09. The Kier molecular flexibility index (Phi) is 5.74. The van der Waals surface area contributed by atoms with E-state index in [4.69, 9.17) is 11.6 Å². The fourth-order valence-corrected chi connectivity index (χ4v) is 3.84. The molecule has 132 valence electrons. The van der Waals surface area contributed by atoms with Crippen LogP contribution in [0.4, 0.5) is 4.39 Å². The molecule has 2 aliphatic rings. The third-order valence-corrected chi connectivity index (χ3v) is 5.48. The van der Waals surface area contributed by atoms with Crippen LogP contribution in [0.3, 0.4) is 0 Å². The van der Waals surface area contributed by atoms with Crippen LogP contribution in [-0.4, -0.2) is 61.0 Å². The second-order valence-electron chi connectivity index (χ2n) is 6.97. The molecule has 2 heterocycles. The molecule has 0 bridgehead atoms. The maximum Gasteiger partial charge on any atom is 0.251 e. The third kappa shape index (κ3) is 4.26. The molecule has 1 atom stereocenters. The quantitative estimate of drug-likeness (QED) is 0.907. The van der Waals surface area contributed by atoms with Gasteiger partial charge >= 0.3 is 0 Å². The largest absolute Gasteiger partial charge is 0.348 e. The lowest BCUT2D eigenvalue weighted by molar-refractivity contribution is 0.0765. The predicted molar refractivity (Wildman–Crippen MR) is 94.0 cm³/mol. The average Bonchev–Trinajstić information content (AvgIpc) is 2.58. The van der Waals surface area contributed by atoms with Crippen molar-refractivity contribution in [2.45, 2.75) is 37.8 Å². The van der Waals surface area contributed by atoms with E-state index in [0.29, 0.717) is 11.6 Å². The van der Waals surface area contributed by atoms with Gasteiger partial charge in [-0.25, -0.2) is 4.39 Å². The average molecular weight is 354 g/mol. The fourth-order valence-electron chi connectivity index (χ4n) is 3.72. The van der Waals surface area contributed by atoms with Gasteiger partial charge < -0.3 is 10.2 Å². The van der Waals surface area contributed by atoms with Gasteiger partial charge in [-0.1, -0.05) is 11.6 Å². The maximum atomic E-state index is 13.5. The lowest BCUT2D eigenvalue weighted by Crippen LogP contribution is -2.53. The van der Waals surface area contributed by atoms with Crippen LogP contribution in [0.2, 0.25) is 5.02 Å². The number of carbonyl (C=O) groups excluding carboxylic acids is 1. The molecule has 0 aromatic heterocycles. The van der Waals surface area contributed by atoms with Crippen molar-refractivity contribution in [1.82, 2.24) is 15.1 Å². The molecule has 0 saturated carbocycles. The van der Waals surface area contributed by atoms with E-state index in [1.165, 1.54) is 25.0 Å². The molecule has 6 heteroatoms. The van der Waals surface area contributed by atoms with Gasteiger partial charge in [0.1, 0.15) is 5.82 Å². The summed E-state index contributed by atoms with van der Waals surface area (Å²) < 4.78 is 13.5. The molecule has 1 aromatic rings. The normalized spacial score (nSPS) is 24.0. The van der Waals surface area contributed by atoms with E-state index in [9.17, 15) is 9.18 Å². The summed E-state index contributed by atoms with van der Waals surface area (Å²) in [5.74, 6) is -0.776. The van der Waals surface area contributed by atoms with Crippen molar-refractivity contribution >= 4 is 17.5 Å². The molecule has 24 heavy (non-hydrogen) atoms. The molecule has 0 spiro atoms. The molecule has 2 saturated heterocycles. The van der Waals surface area contributed by atoms with Gasteiger partial charge in [-0.05, 0) is 70.6 Å². The number of piperidine rings is 2. The Hall–Kier alpha value is -1.17. The third-order valence-electron chi connectivity index (χ3n) is 5.17. The number of hydrogen-bond acceptors (Lipinski definition) is 3. The minimum absolute atomic E-state index is 0.0395. The summed E-state index contributed by atoms with van der Waals surface area (Å²) in [5.41, 5.74) is 0.327. The van der Waals surface area contributed by atoms with E-state index in [2.05, 4.69) is 22.2 Å². The van der Waals surface area contributed by atoms with Crippen LogP contribution in [0.15, 0.2) is 18.2 Å². The number of nitrogens with zero attached hydrogens (tertiary/aromatic N) is 2. The summed E-state index contributed by atoms with van der Waals surface area (Å²) in [6.45, 7) is 4.27. The molecular weight excluding hydrogens is 329 g/mol. The van der Waals surface area contributed by atoms with Gasteiger partial charge in [-0.15, -0.1) is 0 Å². The summed E-state index contributed by atoms with van der Waals surface area (Å²) >= 11 is 5.68. The molecule has 4 nitrogen and oxygen atoms in total. The van der Waals surface area contributed by atoms with Crippen LogP contribution in [-0.2, 0) is 0 Å². The van der Waals surface area contributed by atoms with E-state index in [-0.39, 0.29) is 17.0 Å². The Bertz CT molecular complexity index is 590. The van der Waals surface area contributed by atoms with Crippen LogP contribution >= 0.6 is 11.6 Å². The Labute approximate surface area is 147 Å². The van der Waals surface area contributed by atoms with Gasteiger partial charge in [0, 0.05) is 24.2 Å². The first-order chi connectivity index (χ1) is 11.5. The number of carbonyl (C=O) groups is 1. The number of nitrogens with one attached hydrogen (secondary N) is 1. The molecule has 2 aliphatic heterocycles. The highest BCUT2D eigenvalue weighted by Gasteiger charge is 2.28. The molecule has 0 aliphatic carbocycles. The van der Waals surface area contributed by atoms with Crippen LogP contribution in [0.25, 0.3) is 0 Å². The molecule has 1 unspecified atom stereocenters. The molecule has 1 aromatic carbocycles. The van der Waals surface area contributed by atoms with E-state index < -0.39 is 5.82 Å². The van der Waals surface area contributed by atoms with Gasteiger partial charge in [0.25, 0.3) is 5.91 Å². The van der Waals surface area contributed by atoms with Crippen molar-refractivity contribution in [3.05, 3.63) is 34.6 Å². The monoisotopic (exact) mass is 353 g/mol. The van der Waals surface area contributed by atoms with Crippen molar-refractivity contribution in [3.8, 4) is 0 Å². The van der Waals surface area contributed by atoms with Crippen molar-refractivity contribution in [2.24, 2.45) is 0 Å². The summed E-state index contributed by atoms with van der Waals surface area (Å²) in [7, 11) is 2.17. The first-order valence-electron chi connectivity index (χ1n) is 8.71. The minimum Gasteiger partial charge on any atom is -0.348 e. The van der Waals surface area contributed by atoms with Crippen molar-refractivity contribution in [3.63, 3.8) is 0 Å². The first kappa shape index (κ1) is 17.6.